The molecule has 0 aliphatic rings. The SMILES string of the molecule is C=CCN(Cc1cc(Br)ccc1F)C(=O)Cc1c(C)[nH]c2ccccc12. The summed E-state index contributed by atoms with van der Waals surface area (Å²) in [6, 6.07) is 12.7. The number of aromatic nitrogens is 1. The average molecular weight is 415 g/mol. The third-order valence-corrected chi connectivity index (χ3v) is 4.92. The number of hydrogen-bond acceptors (Lipinski definition) is 1. The molecule has 26 heavy (non-hydrogen) atoms. The predicted octanol–water partition coefficient (Wildman–Crippen LogP) is 5.14. The Bertz CT molecular complexity index is 964. The average Bonchev–Trinajstić information content (AvgIpc) is 2.93. The van der Waals surface area contributed by atoms with Crippen LogP contribution in [0, 0.1) is 12.7 Å². The van der Waals surface area contributed by atoms with Crippen molar-refractivity contribution in [3.63, 3.8) is 0 Å². The van der Waals surface area contributed by atoms with Gasteiger partial charge < -0.3 is 9.88 Å². The van der Waals surface area contributed by atoms with Crippen molar-refractivity contribution >= 4 is 32.7 Å². The number of benzene rings is 2. The Morgan fingerprint density at radius 1 is 1.31 bits per heavy atom. The summed E-state index contributed by atoms with van der Waals surface area (Å²) in [6.07, 6.45) is 1.93. The third kappa shape index (κ3) is 3.88. The first-order valence-corrected chi connectivity index (χ1v) is 9.17. The van der Waals surface area contributed by atoms with Gasteiger partial charge in [0.25, 0.3) is 0 Å². The van der Waals surface area contributed by atoms with E-state index in [9.17, 15) is 9.18 Å². The smallest absolute Gasteiger partial charge is 0.227 e. The molecule has 0 atom stereocenters. The van der Waals surface area contributed by atoms with E-state index in [1.54, 1.807) is 23.1 Å². The summed E-state index contributed by atoms with van der Waals surface area (Å²) >= 11 is 3.35. The van der Waals surface area contributed by atoms with E-state index in [2.05, 4.69) is 27.5 Å². The number of fused-ring (bicyclic) bond motifs is 1. The second-order valence-corrected chi connectivity index (χ2v) is 7.17. The summed E-state index contributed by atoms with van der Waals surface area (Å²) < 4.78 is 14.9. The minimum Gasteiger partial charge on any atom is -0.358 e. The summed E-state index contributed by atoms with van der Waals surface area (Å²) in [6.45, 7) is 6.27. The van der Waals surface area contributed by atoms with E-state index in [0.717, 1.165) is 26.6 Å². The number of nitrogens with one attached hydrogen (secondary N) is 1. The Labute approximate surface area is 160 Å². The van der Waals surface area contributed by atoms with Crippen LogP contribution in [0.15, 0.2) is 59.6 Å². The number of halogens is 2. The molecule has 1 N–H and O–H groups in total. The zero-order valence-corrected chi connectivity index (χ0v) is 16.1. The Kier molecular flexibility index (Phi) is 5.57. The number of hydrogen-bond donors (Lipinski definition) is 1. The highest BCUT2D eigenvalue weighted by Gasteiger charge is 2.18. The van der Waals surface area contributed by atoms with E-state index in [1.807, 2.05) is 31.2 Å². The number of aryl methyl sites for hydroxylation is 1. The molecule has 0 saturated carbocycles. The lowest BCUT2D eigenvalue weighted by atomic mass is 10.1. The molecule has 0 fully saturated rings. The topological polar surface area (TPSA) is 36.1 Å². The van der Waals surface area contributed by atoms with Crippen LogP contribution in [0.1, 0.15) is 16.8 Å². The minimum absolute atomic E-state index is 0.0582. The van der Waals surface area contributed by atoms with Crippen LogP contribution >= 0.6 is 15.9 Å². The molecular formula is C21H20BrFN2O. The van der Waals surface area contributed by atoms with Crippen molar-refractivity contribution in [3.05, 3.63) is 82.2 Å². The highest BCUT2D eigenvalue weighted by Crippen LogP contribution is 2.23. The molecule has 0 radical (unpaired) electrons. The van der Waals surface area contributed by atoms with Gasteiger partial charge in [-0.15, -0.1) is 6.58 Å². The van der Waals surface area contributed by atoms with Gasteiger partial charge in [0, 0.05) is 39.7 Å². The molecule has 5 heteroatoms. The van der Waals surface area contributed by atoms with Crippen molar-refractivity contribution in [1.29, 1.82) is 0 Å². The fourth-order valence-electron chi connectivity index (χ4n) is 3.11. The van der Waals surface area contributed by atoms with Crippen LogP contribution in [0.3, 0.4) is 0 Å². The van der Waals surface area contributed by atoms with Crippen molar-refractivity contribution < 1.29 is 9.18 Å². The van der Waals surface area contributed by atoms with Gasteiger partial charge in [0.1, 0.15) is 5.82 Å². The van der Waals surface area contributed by atoms with Crippen LogP contribution in [-0.2, 0) is 17.8 Å². The quantitative estimate of drug-likeness (QED) is 0.557. The number of rotatable bonds is 6. The molecule has 0 aliphatic heterocycles. The molecule has 1 aromatic heterocycles. The minimum atomic E-state index is -0.321. The Hall–Kier alpha value is -2.40. The second kappa shape index (κ2) is 7.87. The molecule has 0 bridgehead atoms. The van der Waals surface area contributed by atoms with Gasteiger partial charge in [-0.25, -0.2) is 4.39 Å². The molecule has 0 saturated heterocycles. The molecule has 3 aromatic rings. The van der Waals surface area contributed by atoms with Crippen molar-refractivity contribution in [2.24, 2.45) is 0 Å². The van der Waals surface area contributed by atoms with Crippen LogP contribution in [0.4, 0.5) is 4.39 Å². The van der Waals surface area contributed by atoms with Gasteiger partial charge in [-0.1, -0.05) is 40.2 Å². The molecule has 1 amide bonds. The third-order valence-electron chi connectivity index (χ3n) is 4.43. The van der Waals surface area contributed by atoms with Gasteiger partial charge in [-0.2, -0.15) is 0 Å². The van der Waals surface area contributed by atoms with Gasteiger partial charge >= 0.3 is 0 Å². The van der Waals surface area contributed by atoms with Crippen LogP contribution < -0.4 is 0 Å². The highest BCUT2D eigenvalue weighted by molar-refractivity contribution is 9.10. The second-order valence-electron chi connectivity index (χ2n) is 6.25. The zero-order chi connectivity index (χ0) is 18.7. The summed E-state index contributed by atoms with van der Waals surface area (Å²) in [5, 5.41) is 1.05. The van der Waals surface area contributed by atoms with Crippen molar-refractivity contribution in [2.75, 3.05) is 6.54 Å². The first-order chi connectivity index (χ1) is 12.5. The molecule has 3 nitrogen and oxygen atoms in total. The first-order valence-electron chi connectivity index (χ1n) is 8.38. The fraction of sp³-hybridized carbons (Fsp3) is 0.190. The molecule has 3 rings (SSSR count). The Morgan fingerprint density at radius 2 is 2.08 bits per heavy atom. The van der Waals surface area contributed by atoms with Gasteiger partial charge in [0.05, 0.1) is 6.42 Å². The first kappa shape index (κ1) is 18.4. The van der Waals surface area contributed by atoms with Crippen LogP contribution in [-0.4, -0.2) is 22.3 Å². The lowest BCUT2D eigenvalue weighted by Crippen LogP contribution is -2.32. The zero-order valence-electron chi connectivity index (χ0n) is 14.6. The summed E-state index contributed by atoms with van der Waals surface area (Å²) in [4.78, 5) is 17.9. The van der Waals surface area contributed by atoms with E-state index in [1.165, 1.54) is 6.07 Å². The lowest BCUT2D eigenvalue weighted by Gasteiger charge is -2.22. The number of H-pyrrole nitrogens is 1. The number of carbonyl (C=O) groups is 1. The largest absolute Gasteiger partial charge is 0.358 e. The summed E-state index contributed by atoms with van der Waals surface area (Å²) in [5.41, 5.74) is 3.45. The molecular weight excluding hydrogens is 395 g/mol. The number of amides is 1. The maximum absolute atomic E-state index is 14.1. The van der Waals surface area contributed by atoms with Crippen LogP contribution in [0.5, 0.6) is 0 Å². The number of para-hydroxylation sites is 1. The number of nitrogens with zero attached hydrogens (tertiary/aromatic N) is 1. The molecule has 134 valence electrons. The van der Waals surface area contributed by atoms with Crippen LogP contribution in [0.25, 0.3) is 10.9 Å². The molecule has 0 unspecified atom stereocenters. The van der Waals surface area contributed by atoms with Crippen molar-refractivity contribution in [3.8, 4) is 0 Å². The standard InChI is InChI=1S/C21H20BrFN2O/c1-3-10-25(13-15-11-16(22)8-9-19(15)23)21(26)12-18-14(2)24-20-7-5-4-6-17(18)20/h3-9,11,24H,1,10,12-13H2,2H3. The van der Waals surface area contributed by atoms with E-state index in [4.69, 9.17) is 0 Å². The van der Waals surface area contributed by atoms with E-state index < -0.39 is 0 Å². The molecule has 0 spiro atoms. The highest BCUT2D eigenvalue weighted by atomic mass is 79.9. The van der Waals surface area contributed by atoms with Gasteiger partial charge in [-0.3, -0.25) is 4.79 Å². The van der Waals surface area contributed by atoms with Gasteiger partial charge in [0.2, 0.25) is 5.91 Å². The van der Waals surface area contributed by atoms with E-state index in [0.29, 0.717) is 12.1 Å². The number of aromatic amines is 1. The molecule has 2 aromatic carbocycles. The van der Waals surface area contributed by atoms with Gasteiger partial charge in [0.15, 0.2) is 0 Å². The lowest BCUT2D eigenvalue weighted by molar-refractivity contribution is -0.130. The molecule has 1 heterocycles. The normalized spacial score (nSPS) is 10.9. The van der Waals surface area contributed by atoms with E-state index >= 15 is 0 Å². The maximum atomic E-state index is 14.1. The summed E-state index contributed by atoms with van der Waals surface area (Å²) in [7, 11) is 0. The Morgan fingerprint density at radius 3 is 2.85 bits per heavy atom. The van der Waals surface area contributed by atoms with E-state index in [-0.39, 0.29) is 24.7 Å². The van der Waals surface area contributed by atoms with Crippen molar-refractivity contribution in [1.82, 2.24) is 9.88 Å². The van der Waals surface area contributed by atoms with Crippen LogP contribution in [0.2, 0.25) is 0 Å². The maximum Gasteiger partial charge on any atom is 0.227 e. The molecule has 0 aliphatic carbocycles. The Balaban J connectivity index is 1.85. The van der Waals surface area contributed by atoms with Crippen molar-refractivity contribution in [2.45, 2.75) is 19.9 Å². The fourth-order valence-corrected chi connectivity index (χ4v) is 3.51. The van der Waals surface area contributed by atoms with Gasteiger partial charge in [-0.05, 0) is 36.8 Å². The number of carbonyl (C=O) groups excluding carboxylic acids is 1. The summed E-state index contributed by atoms with van der Waals surface area (Å²) in [5.74, 6) is -0.379. The monoisotopic (exact) mass is 414 g/mol. The predicted molar refractivity (Wildman–Crippen MR) is 106 cm³/mol.